The fourth-order valence-electron chi connectivity index (χ4n) is 3.86. The Morgan fingerprint density at radius 2 is 1.20 bits per heavy atom. The Hall–Kier alpha value is -0.930. The summed E-state index contributed by atoms with van der Waals surface area (Å²) in [5, 5.41) is 27.8. The number of allylic oxidation sites excluding steroid dienone is 2. The summed E-state index contributed by atoms with van der Waals surface area (Å²) in [5.74, 6) is -2.47. The summed E-state index contributed by atoms with van der Waals surface area (Å²) in [5.41, 5.74) is 0. The molecule has 0 aliphatic rings. The van der Waals surface area contributed by atoms with Gasteiger partial charge in [0, 0.05) is 19.5 Å². The van der Waals surface area contributed by atoms with E-state index in [0.29, 0.717) is 6.42 Å². The summed E-state index contributed by atoms with van der Waals surface area (Å²) in [7, 11) is 0. The maximum absolute atomic E-state index is 12.5. The Kier molecular flexibility index (Phi) is 25.6. The molecule has 1 unspecified atom stereocenters. The third kappa shape index (κ3) is 23.2. The van der Waals surface area contributed by atoms with E-state index in [2.05, 4.69) is 19.1 Å². The number of carboxylic acids is 2. The van der Waals surface area contributed by atoms with E-state index in [9.17, 15) is 19.5 Å². The van der Waals surface area contributed by atoms with E-state index < -0.39 is 31.3 Å². The summed E-state index contributed by atoms with van der Waals surface area (Å²) in [4.78, 5) is 36.8. The predicted octanol–water partition coefficient (Wildman–Crippen LogP) is 4.01. The molecule has 0 bridgehead atoms. The third-order valence-corrected chi connectivity index (χ3v) is 5.80. The van der Waals surface area contributed by atoms with Gasteiger partial charge in [-0.1, -0.05) is 70.4 Å². The van der Waals surface area contributed by atoms with E-state index in [-0.39, 0.29) is 48.6 Å². The number of rotatable bonds is 23. The van der Waals surface area contributed by atoms with Crippen molar-refractivity contribution in [1.82, 2.24) is 9.80 Å². The maximum atomic E-state index is 12.5. The van der Waals surface area contributed by atoms with Crippen LogP contribution >= 0.6 is 0 Å². The minimum atomic E-state index is -1.13. The molecule has 0 radical (unpaired) electrons. The first-order chi connectivity index (χ1) is 16.3. The first-order valence-electron chi connectivity index (χ1n) is 13.1. The van der Waals surface area contributed by atoms with Gasteiger partial charge < -0.3 is 20.2 Å². The van der Waals surface area contributed by atoms with Crippen molar-refractivity contribution in [2.24, 2.45) is 0 Å². The average molecular weight is 509 g/mol. The van der Waals surface area contributed by atoms with E-state index in [1.54, 1.807) is 0 Å². The molecular formula is C26H49N2NaO6. The summed E-state index contributed by atoms with van der Waals surface area (Å²) < 4.78 is 0. The standard InChI is InChI=1S/C26H48N2O6.Na.H/c1-3-4-5-6-7-8-9-10-11-12-13-14-15-16-17-18-24(30)28(23(2)29)20-19-27(21-25(31)32)22-26(33)34;;/h10-11,23,29H,3-9,12-22H2,1-2H3,(H,31,32)(H,33,34);;/b11-10-;;. The monoisotopic (exact) mass is 508 g/mol. The average Bonchev–Trinajstić information content (AvgIpc) is 2.75. The van der Waals surface area contributed by atoms with Gasteiger partial charge >= 0.3 is 41.5 Å². The van der Waals surface area contributed by atoms with Gasteiger partial charge in [0.15, 0.2) is 0 Å². The molecule has 0 aliphatic heterocycles. The molecule has 0 aromatic rings. The normalized spacial score (nSPS) is 12.0. The molecule has 8 nitrogen and oxygen atoms in total. The summed E-state index contributed by atoms with van der Waals surface area (Å²) in [6.45, 7) is 3.02. The number of aliphatic carboxylic acids is 2. The fraction of sp³-hybridized carbons (Fsp3) is 0.808. The Labute approximate surface area is 234 Å². The first kappa shape index (κ1) is 36.2. The van der Waals surface area contributed by atoms with E-state index in [1.165, 1.54) is 61.7 Å². The molecule has 35 heavy (non-hydrogen) atoms. The number of carbonyl (C=O) groups excluding carboxylic acids is 1. The van der Waals surface area contributed by atoms with Crippen LogP contribution in [0.5, 0.6) is 0 Å². The van der Waals surface area contributed by atoms with E-state index in [4.69, 9.17) is 10.2 Å². The molecule has 0 aliphatic carbocycles. The van der Waals surface area contributed by atoms with Crippen molar-refractivity contribution in [2.75, 3.05) is 26.2 Å². The zero-order valence-electron chi connectivity index (χ0n) is 21.4. The van der Waals surface area contributed by atoms with Crippen LogP contribution in [0.1, 0.15) is 104 Å². The van der Waals surface area contributed by atoms with Crippen molar-refractivity contribution in [3.63, 3.8) is 0 Å². The Bertz CT molecular complexity index is 570. The number of hydrogen-bond acceptors (Lipinski definition) is 5. The second kappa shape index (κ2) is 24.8. The van der Waals surface area contributed by atoms with Gasteiger partial charge in [-0.15, -0.1) is 0 Å². The molecule has 200 valence electrons. The number of unbranched alkanes of at least 4 members (excludes halogenated alkanes) is 11. The molecule has 0 saturated heterocycles. The predicted molar refractivity (Wildman–Crippen MR) is 142 cm³/mol. The molecule has 0 aromatic carbocycles. The number of nitrogens with zero attached hydrogens (tertiary/aromatic N) is 2. The van der Waals surface area contributed by atoms with Crippen LogP contribution < -0.4 is 0 Å². The Morgan fingerprint density at radius 1 is 0.743 bits per heavy atom. The molecule has 1 amide bonds. The van der Waals surface area contributed by atoms with Crippen LogP contribution in [0.3, 0.4) is 0 Å². The van der Waals surface area contributed by atoms with Crippen molar-refractivity contribution >= 4 is 47.4 Å². The van der Waals surface area contributed by atoms with Crippen molar-refractivity contribution in [2.45, 2.75) is 110 Å². The van der Waals surface area contributed by atoms with E-state index in [0.717, 1.165) is 38.5 Å². The van der Waals surface area contributed by atoms with Gasteiger partial charge in [-0.2, -0.15) is 0 Å². The number of carboxylic acid groups (broad SMARTS) is 2. The van der Waals surface area contributed by atoms with Crippen LogP contribution in [-0.4, -0.2) is 105 Å². The van der Waals surface area contributed by atoms with Crippen LogP contribution in [0.4, 0.5) is 0 Å². The molecule has 0 fully saturated rings. The van der Waals surface area contributed by atoms with Gasteiger partial charge in [-0.05, 0) is 39.0 Å². The van der Waals surface area contributed by atoms with Gasteiger partial charge in [0.1, 0.15) is 6.23 Å². The number of amides is 1. The van der Waals surface area contributed by atoms with Gasteiger partial charge in [-0.3, -0.25) is 19.3 Å². The minimum absolute atomic E-state index is 0. The van der Waals surface area contributed by atoms with E-state index in [1.807, 2.05) is 0 Å². The van der Waals surface area contributed by atoms with Gasteiger partial charge in [0.2, 0.25) is 5.91 Å². The molecule has 0 aromatic heterocycles. The number of aliphatic hydroxyl groups is 1. The van der Waals surface area contributed by atoms with Gasteiger partial charge in [0.25, 0.3) is 0 Å². The molecule has 1 atom stereocenters. The van der Waals surface area contributed by atoms with Crippen molar-refractivity contribution < 1.29 is 29.7 Å². The SMILES string of the molecule is CCCCCCCC/C=C\CCCCCCCC(=O)N(CCN(CC(=O)O)CC(=O)O)C(C)O.[NaH]. The zero-order valence-corrected chi connectivity index (χ0v) is 21.4. The number of aliphatic hydroxyl groups excluding tert-OH is 1. The molecular weight excluding hydrogens is 459 g/mol. The van der Waals surface area contributed by atoms with Crippen molar-refractivity contribution in [3.05, 3.63) is 12.2 Å². The quantitative estimate of drug-likeness (QED) is 0.0826. The molecule has 3 N–H and O–H groups in total. The van der Waals surface area contributed by atoms with Crippen LogP contribution in [0.2, 0.25) is 0 Å². The van der Waals surface area contributed by atoms with Crippen LogP contribution in [0.15, 0.2) is 12.2 Å². The topological polar surface area (TPSA) is 118 Å². The van der Waals surface area contributed by atoms with Crippen molar-refractivity contribution in [1.29, 1.82) is 0 Å². The molecule has 0 spiro atoms. The van der Waals surface area contributed by atoms with Crippen LogP contribution in [0.25, 0.3) is 0 Å². The Balaban J connectivity index is 0. The molecule has 0 rings (SSSR count). The molecule has 0 heterocycles. The third-order valence-electron chi connectivity index (χ3n) is 5.80. The van der Waals surface area contributed by atoms with Crippen molar-refractivity contribution in [3.8, 4) is 0 Å². The fourth-order valence-corrected chi connectivity index (χ4v) is 3.86. The summed E-state index contributed by atoms with van der Waals surface area (Å²) in [6.07, 6.45) is 19.2. The van der Waals surface area contributed by atoms with E-state index >= 15 is 0 Å². The summed E-state index contributed by atoms with van der Waals surface area (Å²) in [6, 6.07) is 0. The first-order valence-corrected chi connectivity index (χ1v) is 13.1. The second-order valence-corrected chi connectivity index (χ2v) is 9.05. The van der Waals surface area contributed by atoms with Crippen LogP contribution in [0, 0.1) is 0 Å². The number of hydrogen-bond donors (Lipinski definition) is 3. The second-order valence-electron chi connectivity index (χ2n) is 9.05. The van der Waals surface area contributed by atoms with Gasteiger partial charge in [-0.25, -0.2) is 0 Å². The zero-order chi connectivity index (χ0) is 25.6. The molecule has 9 heteroatoms. The summed E-state index contributed by atoms with van der Waals surface area (Å²) >= 11 is 0. The number of carbonyl (C=O) groups is 3. The Morgan fingerprint density at radius 3 is 1.66 bits per heavy atom. The van der Waals surface area contributed by atoms with Gasteiger partial charge in [0.05, 0.1) is 13.1 Å². The molecule has 0 saturated carbocycles. The van der Waals surface area contributed by atoms with Crippen LogP contribution in [-0.2, 0) is 14.4 Å².